The average Bonchev–Trinajstić information content (AvgIpc) is 2.38. The van der Waals surface area contributed by atoms with Gasteiger partial charge in [-0.15, -0.1) is 11.6 Å². The summed E-state index contributed by atoms with van der Waals surface area (Å²) in [4.78, 5) is 14.1. The van der Waals surface area contributed by atoms with Crippen molar-refractivity contribution in [1.29, 1.82) is 0 Å². The fourth-order valence-corrected chi connectivity index (χ4v) is 2.56. The van der Waals surface area contributed by atoms with Crippen LogP contribution in [0.2, 0.25) is 0 Å². The molecule has 1 unspecified atom stereocenters. The summed E-state index contributed by atoms with van der Waals surface area (Å²) in [5, 5.41) is 0.0845. The summed E-state index contributed by atoms with van der Waals surface area (Å²) >= 11 is 6.11. The zero-order chi connectivity index (χ0) is 13.8. The van der Waals surface area contributed by atoms with Crippen molar-refractivity contribution in [3.63, 3.8) is 0 Å². The molecule has 0 radical (unpaired) electrons. The average molecular weight is 282 g/mol. The molecule has 3 nitrogen and oxygen atoms in total. The Morgan fingerprint density at radius 2 is 2.05 bits per heavy atom. The van der Waals surface area contributed by atoms with Gasteiger partial charge in [0.15, 0.2) is 0 Å². The van der Waals surface area contributed by atoms with Crippen LogP contribution in [0.15, 0.2) is 24.3 Å². The molecule has 1 aromatic rings. The van der Waals surface area contributed by atoms with Gasteiger partial charge >= 0.3 is 0 Å². The fraction of sp³-hybridized carbons (Fsp3) is 0.533. The first-order valence-corrected chi connectivity index (χ1v) is 7.20. The van der Waals surface area contributed by atoms with E-state index in [9.17, 15) is 4.79 Å². The molecule has 1 aliphatic rings. The lowest BCUT2D eigenvalue weighted by atomic mass is 10.1. The van der Waals surface area contributed by atoms with E-state index in [-0.39, 0.29) is 17.4 Å². The van der Waals surface area contributed by atoms with Gasteiger partial charge in [0.2, 0.25) is 0 Å². The van der Waals surface area contributed by atoms with Crippen LogP contribution in [0.3, 0.4) is 0 Å². The lowest BCUT2D eigenvalue weighted by Gasteiger charge is -2.29. The topological polar surface area (TPSA) is 29.5 Å². The standard InChI is InChI=1S/C15H20ClNO2/c1-11(2)19-14-7-5-12(6-8-14)15(18)17-9-3-4-13(16)10-17/h5-8,11,13H,3-4,9-10H2,1-2H3. The van der Waals surface area contributed by atoms with E-state index in [1.165, 1.54) is 0 Å². The van der Waals surface area contributed by atoms with Gasteiger partial charge in [-0.25, -0.2) is 0 Å². The normalized spacial score (nSPS) is 19.6. The predicted molar refractivity (Wildman–Crippen MR) is 77.0 cm³/mol. The number of carbonyl (C=O) groups excluding carboxylic acids is 1. The minimum atomic E-state index is 0.0569. The first-order valence-electron chi connectivity index (χ1n) is 6.76. The number of carbonyl (C=O) groups is 1. The van der Waals surface area contributed by atoms with E-state index in [2.05, 4.69) is 0 Å². The molecule has 0 bridgehead atoms. The molecule has 0 saturated carbocycles. The molecule has 4 heteroatoms. The molecule has 0 aliphatic carbocycles. The van der Waals surface area contributed by atoms with Gasteiger partial charge in [0.25, 0.3) is 5.91 Å². The van der Waals surface area contributed by atoms with Crippen molar-refractivity contribution >= 4 is 17.5 Å². The molecular weight excluding hydrogens is 262 g/mol. The molecule has 19 heavy (non-hydrogen) atoms. The maximum absolute atomic E-state index is 12.3. The van der Waals surface area contributed by atoms with Gasteiger partial charge in [0.05, 0.1) is 11.5 Å². The van der Waals surface area contributed by atoms with Gasteiger partial charge < -0.3 is 9.64 Å². The van der Waals surface area contributed by atoms with Crippen LogP contribution in [0.4, 0.5) is 0 Å². The fourth-order valence-electron chi connectivity index (χ4n) is 2.24. The molecule has 0 N–H and O–H groups in total. The zero-order valence-electron chi connectivity index (χ0n) is 11.4. The van der Waals surface area contributed by atoms with Crippen LogP contribution in [0.5, 0.6) is 5.75 Å². The second-order valence-electron chi connectivity index (χ2n) is 5.18. The van der Waals surface area contributed by atoms with Crippen LogP contribution in [0, 0.1) is 0 Å². The number of hydrogen-bond acceptors (Lipinski definition) is 2. The van der Waals surface area contributed by atoms with Crippen molar-refractivity contribution in [2.75, 3.05) is 13.1 Å². The molecule has 1 fully saturated rings. The minimum Gasteiger partial charge on any atom is -0.491 e. The highest BCUT2D eigenvalue weighted by molar-refractivity contribution is 6.21. The van der Waals surface area contributed by atoms with Crippen LogP contribution >= 0.6 is 11.6 Å². The van der Waals surface area contributed by atoms with E-state index in [0.717, 1.165) is 25.1 Å². The van der Waals surface area contributed by atoms with Crippen LogP contribution in [0.25, 0.3) is 0 Å². The number of piperidine rings is 1. The van der Waals surface area contributed by atoms with Gasteiger partial charge in [-0.1, -0.05) is 0 Å². The number of likely N-dealkylation sites (tertiary alicyclic amines) is 1. The minimum absolute atomic E-state index is 0.0569. The molecule has 0 spiro atoms. The van der Waals surface area contributed by atoms with Crippen molar-refractivity contribution in [2.45, 2.75) is 38.2 Å². The number of nitrogens with zero attached hydrogens (tertiary/aromatic N) is 1. The van der Waals surface area contributed by atoms with E-state index in [1.807, 2.05) is 43.0 Å². The molecule has 1 atom stereocenters. The maximum Gasteiger partial charge on any atom is 0.253 e. The van der Waals surface area contributed by atoms with Gasteiger partial charge in [0, 0.05) is 18.7 Å². The summed E-state index contributed by atoms with van der Waals surface area (Å²) in [6.07, 6.45) is 2.11. The predicted octanol–water partition coefficient (Wildman–Crippen LogP) is 3.32. The lowest BCUT2D eigenvalue weighted by Crippen LogP contribution is -2.40. The van der Waals surface area contributed by atoms with E-state index in [1.54, 1.807) is 0 Å². The first kappa shape index (κ1) is 14.2. The van der Waals surface area contributed by atoms with Crippen LogP contribution in [-0.4, -0.2) is 35.4 Å². The molecule has 1 heterocycles. The Labute approximate surface area is 119 Å². The lowest BCUT2D eigenvalue weighted by molar-refractivity contribution is 0.0727. The highest BCUT2D eigenvalue weighted by Crippen LogP contribution is 2.19. The number of ether oxygens (including phenoxy) is 1. The Kier molecular flexibility index (Phi) is 4.70. The highest BCUT2D eigenvalue weighted by atomic mass is 35.5. The summed E-state index contributed by atoms with van der Waals surface area (Å²) < 4.78 is 5.57. The number of alkyl halides is 1. The number of halogens is 1. The quantitative estimate of drug-likeness (QED) is 0.796. The highest BCUT2D eigenvalue weighted by Gasteiger charge is 2.22. The van der Waals surface area contributed by atoms with E-state index < -0.39 is 0 Å². The molecule has 2 rings (SSSR count). The molecule has 1 aliphatic heterocycles. The Hall–Kier alpha value is -1.22. The zero-order valence-corrected chi connectivity index (χ0v) is 12.2. The Bertz CT molecular complexity index is 430. The third-order valence-corrected chi connectivity index (χ3v) is 3.48. The Morgan fingerprint density at radius 3 is 2.63 bits per heavy atom. The second kappa shape index (κ2) is 6.29. The number of rotatable bonds is 3. The van der Waals surface area contributed by atoms with Crippen molar-refractivity contribution < 1.29 is 9.53 Å². The third kappa shape index (κ3) is 3.87. The van der Waals surface area contributed by atoms with Gasteiger partial charge in [-0.2, -0.15) is 0 Å². The van der Waals surface area contributed by atoms with Crippen LogP contribution in [-0.2, 0) is 0 Å². The smallest absolute Gasteiger partial charge is 0.253 e. The molecule has 104 valence electrons. The second-order valence-corrected chi connectivity index (χ2v) is 5.80. The number of hydrogen-bond donors (Lipinski definition) is 0. The third-order valence-electron chi connectivity index (χ3n) is 3.12. The monoisotopic (exact) mass is 281 g/mol. The summed E-state index contributed by atoms with van der Waals surface area (Å²) in [5.41, 5.74) is 0.696. The first-order chi connectivity index (χ1) is 9.06. The van der Waals surface area contributed by atoms with E-state index in [0.29, 0.717) is 12.1 Å². The van der Waals surface area contributed by atoms with E-state index >= 15 is 0 Å². The van der Waals surface area contributed by atoms with Crippen molar-refractivity contribution in [2.24, 2.45) is 0 Å². The molecule has 1 amide bonds. The summed E-state index contributed by atoms with van der Waals surface area (Å²) in [6.45, 7) is 5.40. The van der Waals surface area contributed by atoms with Gasteiger partial charge in [-0.3, -0.25) is 4.79 Å². The molecular formula is C15H20ClNO2. The Balaban J connectivity index is 2.02. The summed E-state index contributed by atoms with van der Waals surface area (Å²) in [7, 11) is 0. The summed E-state index contributed by atoms with van der Waals surface area (Å²) in [6, 6.07) is 7.32. The SMILES string of the molecule is CC(C)Oc1ccc(C(=O)N2CCCC(Cl)C2)cc1. The van der Waals surface area contributed by atoms with Gasteiger partial charge in [0.1, 0.15) is 5.75 Å². The van der Waals surface area contributed by atoms with Crippen LogP contribution < -0.4 is 4.74 Å². The number of benzene rings is 1. The summed E-state index contributed by atoms with van der Waals surface area (Å²) in [5.74, 6) is 0.849. The number of amides is 1. The molecule has 1 saturated heterocycles. The van der Waals surface area contributed by atoms with Crippen molar-refractivity contribution in [3.8, 4) is 5.75 Å². The molecule has 0 aromatic heterocycles. The van der Waals surface area contributed by atoms with Gasteiger partial charge in [-0.05, 0) is 51.0 Å². The maximum atomic E-state index is 12.3. The van der Waals surface area contributed by atoms with Crippen molar-refractivity contribution in [1.82, 2.24) is 4.90 Å². The van der Waals surface area contributed by atoms with Crippen molar-refractivity contribution in [3.05, 3.63) is 29.8 Å². The largest absolute Gasteiger partial charge is 0.491 e. The van der Waals surface area contributed by atoms with E-state index in [4.69, 9.17) is 16.3 Å². The Morgan fingerprint density at radius 1 is 1.37 bits per heavy atom. The molecule has 1 aromatic carbocycles. The van der Waals surface area contributed by atoms with Crippen LogP contribution in [0.1, 0.15) is 37.0 Å².